The molecular formula is C15H13BrO2. The van der Waals surface area contributed by atoms with Crippen LogP contribution in [0.25, 0.3) is 6.08 Å². The molecule has 0 unspecified atom stereocenters. The van der Waals surface area contributed by atoms with Gasteiger partial charge in [-0.2, -0.15) is 0 Å². The SMILES string of the molecule is O=C(/C=C/c1ccccc1)OC1=CC=C(Br)CC1. The highest BCUT2D eigenvalue weighted by atomic mass is 79.9. The first-order valence-electron chi connectivity index (χ1n) is 5.74. The summed E-state index contributed by atoms with van der Waals surface area (Å²) in [5.41, 5.74) is 0.981. The van der Waals surface area contributed by atoms with Gasteiger partial charge in [0.05, 0.1) is 0 Å². The summed E-state index contributed by atoms with van der Waals surface area (Å²) < 4.78 is 6.36. The van der Waals surface area contributed by atoms with Crippen molar-refractivity contribution in [1.82, 2.24) is 0 Å². The van der Waals surface area contributed by atoms with Crippen molar-refractivity contribution in [3.63, 3.8) is 0 Å². The first-order valence-corrected chi connectivity index (χ1v) is 6.53. The van der Waals surface area contributed by atoms with Gasteiger partial charge >= 0.3 is 5.97 Å². The zero-order valence-electron chi connectivity index (χ0n) is 9.80. The van der Waals surface area contributed by atoms with Gasteiger partial charge in [-0.25, -0.2) is 4.79 Å². The molecule has 0 heterocycles. The first kappa shape index (κ1) is 12.8. The van der Waals surface area contributed by atoms with E-state index in [9.17, 15) is 4.79 Å². The van der Waals surface area contributed by atoms with Crippen LogP contribution in [0.1, 0.15) is 18.4 Å². The maximum Gasteiger partial charge on any atom is 0.335 e. The fourth-order valence-electron chi connectivity index (χ4n) is 1.57. The van der Waals surface area contributed by atoms with Gasteiger partial charge in [-0.15, -0.1) is 0 Å². The Labute approximate surface area is 115 Å². The molecule has 3 heteroatoms. The molecule has 18 heavy (non-hydrogen) atoms. The molecule has 1 aliphatic carbocycles. The van der Waals surface area contributed by atoms with Gasteiger partial charge in [0, 0.05) is 12.5 Å². The third-order valence-electron chi connectivity index (χ3n) is 2.50. The average Bonchev–Trinajstić information content (AvgIpc) is 2.40. The molecule has 0 N–H and O–H groups in total. The number of halogens is 1. The minimum absolute atomic E-state index is 0.337. The Morgan fingerprint density at radius 1 is 1.17 bits per heavy atom. The second-order valence-electron chi connectivity index (χ2n) is 3.91. The Kier molecular flexibility index (Phi) is 4.53. The largest absolute Gasteiger partial charge is 0.428 e. The minimum Gasteiger partial charge on any atom is -0.428 e. The summed E-state index contributed by atoms with van der Waals surface area (Å²) in [5.74, 6) is 0.373. The predicted octanol–water partition coefficient (Wildman–Crippen LogP) is 4.20. The second kappa shape index (κ2) is 6.36. The van der Waals surface area contributed by atoms with Crippen LogP contribution in [0.5, 0.6) is 0 Å². The third kappa shape index (κ3) is 4.00. The fraction of sp³-hybridized carbons (Fsp3) is 0.133. The van der Waals surface area contributed by atoms with E-state index in [1.165, 1.54) is 6.08 Å². The van der Waals surface area contributed by atoms with Gasteiger partial charge in [0.2, 0.25) is 0 Å². The Morgan fingerprint density at radius 2 is 1.94 bits per heavy atom. The fourth-order valence-corrected chi connectivity index (χ4v) is 1.90. The summed E-state index contributed by atoms with van der Waals surface area (Å²) in [6, 6.07) is 9.66. The molecule has 0 amide bonds. The monoisotopic (exact) mass is 304 g/mol. The lowest BCUT2D eigenvalue weighted by molar-refractivity contribution is -0.133. The van der Waals surface area contributed by atoms with Crippen molar-refractivity contribution in [2.24, 2.45) is 0 Å². The van der Waals surface area contributed by atoms with Crippen molar-refractivity contribution in [3.05, 3.63) is 64.4 Å². The Hall–Kier alpha value is -1.61. The number of esters is 1. The topological polar surface area (TPSA) is 26.3 Å². The summed E-state index contributed by atoms with van der Waals surface area (Å²) in [6.45, 7) is 0. The zero-order chi connectivity index (χ0) is 12.8. The van der Waals surface area contributed by atoms with Crippen LogP contribution in [-0.2, 0) is 9.53 Å². The van der Waals surface area contributed by atoms with Crippen LogP contribution in [0.3, 0.4) is 0 Å². The normalized spacial score (nSPS) is 15.2. The summed E-state index contributed by atoms with van der Waals surface area (Å²) in [5, 5.41) is 0. The molecule has 0 bridgehead atoms. The smallest absolute Gasteiger partial charge is 0.335 e. The quantitative estimate of drug-likeness (QED) is 0.618. The standard InChI is InChI=1S/C15H13BrO2/c16-13-7-9-14(10-8-13)18-15(17)11-6-12-4-2-1-3-5-12/h1-7,9,11H,8,10H2/b11-6+. The summed E-state index contributed by atoms with van der Waals surface area (Å²) in [7, 11) is 0. The highest BCUT2D eigenvalue weighted by Gasteiger charge is 2.08. The first-order chi connectivity index (χ1) is 8.74. The van der Waals surface area contributed by atoms with E-state index in [1.54, 1.807) is 6.08 Å². The van der Waals surface area contributed by atoms with Gasteiger partial charge in [-0.05, 0) is 34.7 Å². The van der Waals surface area contributed by atoms with Crippen molar-refractivity contribution in [2.45, 2.75) is 12.8 Å². The molecule has 0 fully saturated rings. The van der Waals surface area contributed by atoms with Gasteiger partial charge in [0.15, 0.2) is 0 Å². The Morgan fingerprint density at radius 3 is 2.61 bits per heavy atom. The van der Waals surface area contributed by atoms with E-state index < -0.39 is 0 Å². The summed E-state index contributed by atoms with van der Waals surface area (Å²) in [4.78, 5) is 11.6. The van der Waals surface area contributed by atoms with Crippen LogP contribution in [0.15, 0.2) is 58.8 Å². The van der Waals surface area contributed by atoms with Gasteiger partial charge in [0.25, 0.3) is 0 Å². The van der Waals surface area contributed by atoms with Crippen molar-refractivity contribution in [3.8, 4) is 0 Å². The van der Waals surface area contributed by atoms with E-state index in [1.807, 2.05) is 42.5 Å². The molecule has 0 saturated carbocycles. The number of benzene rings is 1. The molecule has 1 aromatic carbocycles. The van der Waals surface area contributed by atoms with E-state index in [-0.39, 0.29) is 5.97 Å². The molecule has 2 rings (SSSR count). The molecule has 1 aliphatic rings. The molecule has 0 atom stereocenters. The van der Waals surface area contributed by atoms with Crippen LogP contribution >= 0.6 is 15.9 Å². The summed E-state index contributed by atoms with van der Waals surface area (Å²) >= 11 is 3.41. The Bertz CT molecular complexity index is 513. The van der Waals surface area contributed by atoms with Crippen LogP contribution in [-0.4, -0.2) is 5.97 Å². The van der Waals surface area contributed by atoms with E-state index in [0.717, 1.165) is 22.9 Å². The number of ether oxygens (including phenoxy) is 1. The average molecular weight is 305 g/mol. The van der Waals surface area contributed by atoms with E-state index in [4.69, 9.17) is 4.74 Å². The lowest BCUT2D eigenvalue weighted by Gasteiger charge is -2.09. The third-order valence-corrected chi connectivity index (χ3v) is 3.16. The van der Waals surface area contributed by atoms with Crippen LogP contribution in [0.2, 0.25) is 0 Å². The number of hydrogen-bond acceptors (Lipinski definition) is 2. The van der Waals surface area contributed by atoms with Crippen molar-refractivity contribution in [2.75, 3.05) is 0 Å². The molecule has 1 aromatic rings. The van der Waals surface area contributed by atoms with E-state index >= 15 is 0 Å². The predicted molar refractivity (Wildman–Crippen MR) is 75.9 cm³/mol. The highest BCUT2D eigenvalue weighted by molar-refractivity contribution is 9.11. The van der Waals surface area contributed by atoms with Gasteiger partial charge in [-0.3, -0.25) is 0 Å². The molecule has 0 saturated heterocycles. The molecule has 0 aromatic heterocycles. The van der Waals surface area contributed by atoms with E-state index in [0.29, 0.717) is 5.76 Å². The number of carbonyl (C=O) groups is 1. The number of allylic oxidation sites excluding steroid dienone is 4. The molecule has 0 spiro atoms. The maximum atomic E-state index is 11.6. The minimum atomic E-state index is -0.337. The van der Waals surface area contributed by atoms with Crippen LogP contribution in [0, 0.1) is 0 Å². The lowest BCUT2D eigenvalue weighted by atomic mass is 10.1. The maximum absolute atomic E-state index is 11.6. The molecule has 0 aliphatic heterocycles. The van der Waals surface area contributed by atoms with E-state index in [2.05, 4.69) is 15.9 Å². The zero-order valence-corrected chi connectivity index (χ0v) is 11.4. The second-order valence-corrected chi connectivity index (χ2v) is 4.93. The highest BCUT2D eigenvalue weighted by Crippen LogP contribution is 2.23. The molecule has 92 valence electrons. The molecule has 0 radical (unpaired) electrons. The van der Waals surface area contributed by atoms with Gasteiger partial charge in [0.1, 0.15) is 5.76 Å². The van der Waals surface area contributed by atoms with Gasteiger partial charge < -0.3 is 4.74 Å². The van der Waals surface area contributed by atoms with Crippen molar-refractivity contribution < 1.29 is 9.53 Å². The number of carbonyl (C=O) groups excluding carboxylic acids is 1. The molecular weight excluding hydrogens is 292 g/mol. The number of rotatable bonds is 3. The van der Waals surface area contributed by atoms with Gasteiger partial charge in [-0.1, -0.05) is 46.3 Å². The summed E-state index contributed by atoms with van der Waals surface area (Å²) in [6.07, 6.45) is 8.55. The Balaban J connectivity index is 1.92. The van der Waals surface area contributed by atoms with Crippen molar-refractivity contribution >= 4 is 28.0 Å². The number of hydrogen-bond donors (Lipinski definition) is 0. The lowest BCUT2D eigenvalue weighted by Crippen LogP contribution is -2.02. The molecule has 2 nitrogen and oxygen atoms in total. The van der Waals surface area contributed by atoms with Crippen LogP contribution < -0.4 is 0 Å². The van der Waals surface area contributed by atoms with Crippen LogP contribution in [0.4, 0.5) is 0 Å². The van der Waals surface area contributed by atoms with Crippen molar-refractivity contribution in [1.29, 1.82) is 0 Å².